The molecule has 0 aromatic carbocycles. The van der Waals surface area contributed by atoms with Crippen LogP contribution in [0.5, 0.6) is 0 Å². The molecular formula is C14H11BrN4O2S. The molecule has 0 atom stereocenters. The molecule has 22 heavy (non-hydrogen) atoms. The van der Waals surface area contributed by atoms with Crippen molar-refractivity contribution >= 4 is 33.3 Å². The summed E-state index contributed by atoms with van der Waals surface area (Å²) in [6, 6.07) is 5.20. The van der Waals surface area contributed by atoms with E-state index >= 15 is 0 Å². The fraction of sp³-hybridized carbons (Fsp3) is 0.286. The maximum atomic E-state index is 12.1. The zero-order valence-corrected chi connectivity index (χ0v) is 13.8. The van der Waals surface area contributed by atoms with E-state index < -0.39 is 0 Å². The lowest BCUT2D eigenvalue weighted by molar-refractivity contribution is 0.414. The fourth-order valence-electron chi connectivity index (χ4n) is 2.11. The number of nitrogens with zero attached hydrogens (tertiary/aromatic N) is 4. The number of aromatic nitrogens is 4. The Bertz CT molecular complexity index is 903. The van der Waals surface area contributed by atoms with E-state index in [4.69, 9.17) is 4.42 Å². The highest BCUT2D eigenvalue weighted by Crippen LogP contribution is 2.39. The van der Waals surface area contributed by atoms with E-state index in [9.17, 15) is 4.79 Å². The molecule has 3 heterocycles. The summed E-state index contributed by atoms with van der Waals surface area (Å²) in [5.41, 5.74) is 1.21. The zero-order valence-electron chi connectivity index (χ0n) is 11.4. The van der Waals surface area contributed by atoms with Crippen molar-refractivity contribution in [3.05, 3.63) is 50.8 Å². The minimum atomic E-state index is -0.105. The molecule has 0 saturated heterocycles. The van der Waals surface area contributed by atoms with Gasteiger partial charge in [0.2, 0.25) is 5.89 Å². The Morgan fingerprint density at radius 2 is 2.23 bits per heavy atom. The van der Waals surface area contributed by atoms with Gasteiger partial charge in [-0.05, 0) is 40.9 Å². The zero-order chi connectivity index (χ0) is 15.1. The molecule has 1 aliphatic rings. The Labute approximate surface area is 138 Å². The summed E-state index contributed by atoms with van der Waals surface area (Å²) in [6.45, 7) is 0. The SMILES string of the molecule is O=c1cc(CSc2nnc(C3CC3)o2)nc2ccc(Br)cn12. The Balaban J connectivity index is 1.55. The van der Waals surface area contributed by atoms with Gasteiger partial charge in [0, 0.05) is 28.4 Å². The topological polar surface area (TPSA) is 73.3 Å². The van der Waals surface area contributed by atoms with Crippen LogP contribution in [0.2, 0.25) is 0 Å². The molecule has 6 nitrogen and oxygen atoms in total. The van der Waals surface area contributed by atoms with Crippen LogP contribution >= 0.6 is 27.7 Å². The van der Waals surface area contributed by atoms with Crippen LogP contribution in [0, 0.1) is 0 Å². The Kier molecular flexibility index (Phi) is 3.50. The lowest BCUT2D eigenvalue weighted by atomic mass is 10.4. The van der Waals surface area contributed by atoms with Gasteiger partial charge in [-0.2, -0.15) is 0 Å². The summed E-state index contributed by atoms with van der Waals surface area (Å²) in [5.74, 6) is 1.69. The van der Waals surface area contributed by atoms with Crippen LogP contribution in [0.3, 0.4) is 0 Å². The number of rotatable bonds is 4. The molecular weight excluding hydrogens is 368 g/mol. The highest BCUT2D eigenvalue weighted by molar-refractivity contribution is 9.10. The van der Waals surface area contributed by atoms with Crippen molar-refractivity contribution < 1.29 is 4.42 Å². The van der Waals surface area contributed by atoms with Crippen LogP contribution in [0.15, 0.2) is 43.3 Å². The third-order valence-corrected chi connectivity index (χ3v) is 4.69. The third kappa shape index (κ3) is 2.80. The van der Waals surface area contributed by atoms with Crippen molar-refractivity contribution in [3.63, 3.8) is 0 Å². The third-order valence-electron chi connectivity index (χ3n) is 3.37. The first-order valence-corrected chi connectivity index (χ1v) is 8.61. The molecule has 3 aromatic rings. The molecule has 0 unspecified atom stereocenters. The summed E-state index contributed by atoms with van der Waals surface area (Å²) in [7, 11) is 0. The molecule has 1 fully saturated rings. The van der Waals surface area contributed by atoms with Gasteiger partial charge in [0.25, 0.3) is 10.8 Å². The second-order valence-electron chi connectivity index (χ2n) is 5.13. The quantitative estimate of drug-likeness (QED) is 0.649. The molecule has 1 saturated carbocycles. The van der Waals surface area contributed by atoms with Gasteiger partial charge in [0.05, 0.1) is 5.69 Å². The first-order chi connectivity index (χ1) is 10.7. The number of halogens is 1. The maximum Gasteiger partial charge on any atom is 0.276 e. The summed E-state index contributed by atoms with van der Waals surface area (Å²) in [4.78, 5) is 16.6. The summed E-state index contributed by atoms with van der Waals surface area (Å²) in [6.07, 6.45) is 3.97. The molecule has 0 amide bonds. The van der Waals surface area contributed by atoms with E-state index in [2.05, 4.69) is 31.1 Å². The molecule has 1 aliphatic carbocycles. The van der Waals surface area contributed by atoms with Crippen molar-refractivity contribution in [2.24, 2.45) is 0 Å². The average molecular weight is 379 g/mol. The molecule has 3 aromatic heterocycles. The van der Waals surface area contributed by atoms with Gasteiger partial charge >= 0.3 is 0 Å². The summed E-state index contributed by atoms with van der Waals surface area (Å²) >= 11 is 4.75. The molecule has 0 radical (unpaired) electrons. The lowest BCUT2D eigenvalue weighted by Crippen LogP contribution is -2.15. The largest absolute Gasteiger partial charge is 0.416 e. The van der Waals surface area contributed by atoms with Crippen LogP contribution in [-0.2, 0) is 5.75 Å². The minimum Gasteiger partial charge on any atom is -0.416 e. The molecule has 0 bridgehead atoms. The number of pyridine rings is 1. The number of hydrogen-bond donors (Lipinski definition) is 0. The maximum absolute atomic E-state index is 12.1. The predicted octanol–water partition coefficient (Wildman–Crippen LogP) is 3.01. The second-order valence-corrected chi connectivity index (χ2v) is 6.97. The molecule has 0 aliphatic heterocycles. The predicted molar refractivity (Wildman–Crippen MR) is 85.0 cm³/mol. The molecule has 0 spiro atoms. The Hall–Kier alpha value is -1.67. The first kappa shape index (κ1) is 14.0. The van der Waals surface area contributed by atoms with Crippen molar-refractivity contribution in [2.75, 3.05) is 0 Å². The summed E-state index contributed by atoms with van der Waals surface area (Å²) in [5, 5.41) is 8.58. The molecule has 112 valence electrons. The second kappa shape index (κ2) is 5.51. The standard InChI is InChI=1S/C14H11BrN4O2S/c15-9-3-4-11-16-10(5-12(20)19(11)6-9)7-22-14-18-17-13(21-14)8-1-2-8/h3-6,8H,1-2,7H2. The van der Waals surface area contributed by atoms with Crippen molar-refractivity contribution in [1.82, 2.24) is 19.6 Å². The van der Waals surface area contributed by atoms with Crippen LogP contribution in [0.25, 0.3) is 5.65 Å². The van der Waals surface area contributed by atoms with Gasteiger partial charge in [-0.3, -0.25) is 9.20 Å². The van der Waals surface area contributed by atoms with Crippen molar-refractivity contribution in [2.45, 2.75) is 29.7 Å². The summed E-state index contributed by atoms with van der Waals surface area (Å²) < 4.78 is 7.93. The fourth-order valence-corrected chi connectivity index (χ4v) is 3.11. The smallest absolute Gasteiger partial charge is 0.276 e. The van der Waals surface area contributed by atoms with Crippen molar-refractivity contribution in [1.29, 1.82) is 0 Å². The van der Waals surface area contributed by atoms with Gasteiger partial charge in [0.1, 0.15) is 5.65 Å². The van der Waals surface area contributed by atoms with E-state index in [1.54, 1.807) is 12.3 Å². The van der Waals surface area contributed by atoms with E-state index in [-0.39, 0.29) is 5.56 Å². The minimum absolute atomic E-state index is 0.105. The van der Waals surface area contributed by atoms with Gasteiger partial charge in [0.15, 0.2) is 0 Å². The van der Waals surface area contributed by atoms with Gasteiger partial charge < -0.3 is 4.42 Å². The molecule has 4 rings (SSSR count). The van der Waals surface area contributed by atoms with E-state index in [0.717, 1.165) is 23.2 Å². The van der Waals surface area contributed by atoms with Crippen LogP contribution in [0.4, 0.5) is 0 Å². The number of hydrogen-bond acceptors (Lipinski definition) is 6. The van der Waals surface area contributed by atoms with Gasteiger partial charge in [-0.25, -0.2) is 4.98 Å². The van der Waals surface area contributed by atoms with Crippen molar-refractivity contribution in [3.8, 4) is 0 Å². The highest BCUT2D eigenvalue weighted by atomic mass is 79.9. The first-order valence-electron chi connectivity index (χ1n) is 6.83. The Morgan fingerprint density at radius 3 is 3.05 bits per heavy atom. The number of thioether (sulfide) groups is 1. The van der Waals surface area contributed by atoms with Gasteiger partial charge in [-0.15, -0.1) is 10.2 Å². The Morgan fingerprint density at radius 1 is 1.36 bits per heavy atom. The number of fused-ring (bicyclic) bond motifs is 1. The lowest BCUT2D eigenvalue weighted by Gasteiger charge is -2.03. The molecule has 0 N–H and O–H groups in total. The van der Waals surface area contributed by atoms with Crippen LogP contribution in [0.1, 0.15) is 30.3 Å². The highest BCUT2D eigenvalue weighted by Gasteiger charge is 2.29. The van der Waals surface area contributed by atoms with E-state index in [1.165, 1.54) is 22.2 Å². The van der Waals surface area contributed by atoms with E-state index in [1.807, 2.05) is 6.07 Å². The average Bonchev–Trinajstić information content (AvgIpc) is 3.25. The van der Waals surface area contributed by atoms with Crippen LogP contribution in [-0.4, -0.2) is 19.6 Å². The normalized spacial score (nSPS) is 14.6. The van der Waals surface area contributed by atoms with E-state index in [0.29, 0.717) is 28.2 Å². The molecule has 8 heteroatoms. The van der Waals surface area contributed by atoms with Gasteiger partial charge in [-0.1, -0.05) is 11.8 Å². The van der Waals surface area contributed by atoms with Crippen LogP contribution < -0.4 is 5.56 Å². The monoisotopic (exact) mass is 378 g/mol.